The monoisotopic (exact) mass is 363 g/mol. The molecule has 1 saturated heterocycles. The molecule has 7 nitrogen and oxygen atoms in total. The summed E-state index contributed by atoms with van der Waals surface area (Å²) in [5, 5.41) is 4.69. The number of carbonyl (C=O) groups is 1. The number of amides is 1. The Bertz CT molecular complexity index is 730. The van der Waals surface area contributed by atoms with Crippen LogP contribution in [0.3, 0.4) is 0 Å². The lowest BCUT2D eigenvalue weighted by molar-refractivity contribution is -0.137. The van der Waals surface area contributed by atoms with Crippen LogP contribution in [0, 0.1) is 0 Å². The van der Waals surface area contributed by atoms with E-state index < -0.39 is 5.54 Å². The zero-order valence-corrected chi connectivity index (χ0v) is 15.2. The third kappa shape index (κ3) is 4.36. The third-order valence-electron chi connectivity index (χ3n) is 4.14. The van der Waals surface area contributed by atoms with Crippen molar-refractivity contribution >= 4 is 17.5 Å². The van der Waals surface area contributed by atoms with Gasteiger partial charge in [0, 0.05) is 36.8 Å². The maximum absolute atomic E-state index is 12.2. The number of nitrogens with zero attached hydrogens (tertiary/aromatic N) is 4. The van der Waals surface area contributed by atoms with E-state index in [4.69, 9.17) is 21.9 Å². The molecular formula is C17H22ClN5O2. The van der Waals surface area contributed by atoms with Gasteiger partial charge in [-0.05, 0) is 38.1 Å². The molecule has 0 unspecified atom stereocenters. The molecule has 3 rings (SSSR count). The van der Waals surface area contributed by atoms with Crippen LogP contribution in [0.25, 0.3) is 11.4 Å². The van der Waals surface area contributed by atoms with Gasteiger partial charge >= 0.3 is 0 Å². The van der Waals surface area contributed by atoms with E-state index in [9.17, 15) is 4.79 Å². The second kappa shape index (κ2) is 7.11. The predicted octanol–water partition coefficient (Wildman–Crippen LogP) is 1.77. The molecule has 2 N–H and O–H groups in total. The molecule has 2 heterocycles. The van der Waals surface area contributed by atoms with Crippen LogP contribution >= 0.6 is 11.6 Å². The second-order valence-electron chi connectivity index (χ2n) is 6.81. The summed E-state index contributed by atoms with van der Waals surface area (Å²) in [5.74, 6) is 1.09. The Hall–Kier alpha value is -1.96. The van der Waals surface area contributed by atoms with Crippen LogP contribution in [-0.4, -0.2) is 57.6 Å². The number of hydrogen-bond acceptors (Lipinski definition) is 6. The van der Waals surface area contributed by atoms with Crippen molar-refractivity contribution in [3.8, 4) is 11.4 Å². The van der Waals surface area contributed by atoms with Crippen LogP contribution in [-0.2, 0) is 11.3 Å². The summed E-state index contributed by atoms with van der Waals surface area (Å²) in [6.45, 7) is 6.84. The molecule has 1 aromatic heterocycles. The smallest absolute Gasteiger partial charge is 0.242 e. The number of piperazine rings is 1. The van der Waals surface area contributed by atoms with Crippen molar-refractivity contribution in [2.75, 3.05) is 26.2 Å². The number of benzene rings is 1. The van der Waals surface area contributed by atoms with Gasteiger partial charge in [-0.3, -0.25) is 9.69 Å². The van der Waals surface area contributed by atoms with Crippen molar-refractivity contribution in [3.63, 3.8) is 0 Å². The van der Waals surface area contributed by atoms with Gasteiger partial charge in [-0.25, -0.2) is 0 Å². The fourth-order valence-electron chi connectivity index (χ4n) is 2.74. The zero-order valence-electron chi connectivity index (χ0n) is 14.4. The highest BCUT2D eigenvalue weighted by Gasteiger charge is 2.30. The van der Waals surface area contributed by atoms with Gasteiger partial charge in [-0.15, -0.1) is 0 Å². The largest absolute Gasteiger partial charge is 0.339 e. The number of halogens is 1. The Kier molecular flexibility index (Phi) is 5.08. The first-order chi connectivity index (χ1) is 11.8. The zero-order chi connectivity index (χ0) is 18.0. The highest BCUT2D eigenvalue weighted by molar-refractivity contribution is 6.30. The summed E-state index contributed by atoms with van der Waals surface area (Å²) in [6, 6.07) is 7.30. The minimum atomic E-state index is -0.831. The summed E-state index contributed by atoms with van der Waals surface area (Å²) in [7, 11) is 0. The van der Waals surface area contributed by atoms with Gasteiger partial charge in [-0.1, -0.05) is 16.8 Å². The Balaban J connectivity index is 1.56. The second-order valence-corrected chi connectivity index (χ2v) is 7.25. The van der Waals surface area contributed by atoms with Gasteiger partial charge in [0.2, 0.25) is 17.6 Å². The Morgan fingerprint density at radius 3 is 2.48 bits per heavy atom. The lowest BCUT2D eigenvalue weighted by Gasteiger charge is -2.36. The van der Waals surface area contributed by atoms with E-state index in [-0.39, 0.29) is 5.91 Å². The van der Waals surface area contributed by atoms with Crippen LogP contribution in [0.2, 0.25) is 5.02 Å². The molecule has 25 heavy (non-hydrogen) atoms. The molecule has 0 aliphatic carbocycles. The molecule has 8 heteroatoms. The number of hydrogen-bond donors (Lipinski definition) is 1. The molecule has 0 radical (unpaired) electrons. The van der Waals surface area contributed by atoms with Crippen LogP contribution in [0.1, 0.15) is 19.7 Å². The molecule has 1 aliphatic rings. The lowest BCUT2D eigenvalue weighted by Crippen LogP contribution is -2.56. The lowest BCUT2D eigenvalue weighted by atomic mass is 10.0. The maximum Gasteiger partial charge on any atom is 0.242 e. The molecular weight excluding hydrogens is 342 g/mol. The Morgan fingerprint density at radius 2 is 1.88 bits per heavy atom. The predicted molar refractivity (Wildman–Crippen MR) is 94.9 cm³/mol. The molecule has 1 amide bonds. The fourth-order valence-corrected chi connectivity index (χ4v) is 2.87. The van der Waals surface area contributed by atoms with Crippen LogP contribution in [0.4, 0.5) is 0 Å². The van der Waals surface area contributed by atoms with Crippen molar-refractivity contribution in [1.82, 2.24) is 19.9 Å². The number of nitrogens with two attached hydrogens (primary N) is 1. The van der Waals surface area contributed by atoms with E-state index in [1.807, 2.05) is 17.0 Å². The summed E-state index contributed by atoms with van der Waals surface area (Å²) in [4.78, 5) is 20.6. The average Bonchev–Trinajstić information content (AvgIpc) is 3.03. The van der Waals surface area contributed by atoms with Crippen molar-refractivity contribution in [3.05, 3.63) is 35.2 Å². The number of carbonyl (C=O) groups excluding carboxylic acids is 1. The standard InChI is InChI=1S/C17H22ClN5O2/c1-17(2,19)16(24)23-9-7-22(8-10-23)11-14-20-15(21-25-14)12-3-5-13(18)6-4-12/h3-6H,7-11,19H2,1-2H3. The van der Waals surface area contributed by atoms with Gasteiger partial charge in [-0.2, -0.15) is 4.98 Å². The minimum absolute atomic E-state index is 0.0186. The van der Waals surface area contributed by atoms with Crippen molar-refractivity contribution < 1.29 is 9.32 Å². The van der Waals surface area contributed by atoms with E-state index in [1.54, 1.807) is 26.0 Å². The van der Waals surface area contributed by atoms with E-state index in [0.717, 1.165) is 18.7 Å². The normalized spacial score (nSPS) is 16.2. The van der Waals surface area contributed by atoms with Crippen molar-refractivity contribution in [2.45, 2.75) is 25.9 Å². The summed E-state index contributed by atoms with van der Waals surface area (Å²) in [6.07, 6.45) is 0. The Labute approximate surface area is 151 Å². The van der Waals surface area contributed by atoms with E-state index in [0.29, 0.717) is 36.4 Å². The average molecular weight is 364 g/mol. The van der Waals surface area contributed by atoms with Crippen LogP contribution < -0.4 is 5.73 Å². The highest BCUT2D eigenvalue weighted by Crippen LogP contribution is 2.19. The Morgan fingerprint density at radius 1 is 1.24 bits per heavy atom. The van der Waals surface area contributed by atoms with Crippen LogP contribution in [0.5, 0.6) is 0 Å². The van der Waals surface area contributed by atoms with Gasteiger partial charge in [0.15, 0.2) is 0 Å². The number of rotatable bonds is 4. The van der Waals surface area contributed by atoms with E-state index >= 15 is 0 Å². The molecule has 1 fully saturated rings. The highest BCUT2D eigenvalue weighted by atomic mass is 35.5. The van der Waals surface area contributed by atoms with Gasteiger partial charge in [0.1, 0.15) is 0 Å². The first-order valence-corrected chi connectivity index (χ1v) is 8.60. The summed E-state index contributed by atoms with van der Waals surface area (Å²) < 4.78 is 5.34. The van der Waals surface area contributed by atoms with Crippen LogP contribution in [0.15, 0.2) is 28.8 Å². The van der Waals surface area contributed by atoms with Crippen molar-refractivity contribution in [2.24, 2.45) is 5.73 Å². The van der Waals surface area contributed by atoms with E-state index in [1.165, 1.54) is 0 Å². The maximum atomic E-state index is 12.2. The van der Waals surface area contributed by atoms with Gasteiger partial charge in [0.05, 0.1) is 12.1 Å². The SMILES string of the molecule is CC(C)(N)C(=O)N1CCN(Cc2nc(-c3ccc(Cl)cc3)no2)CC1. The van der Waals surface area contributed by atoms with E-state index in [2.05, 4.69) is 15.0 Å². The molecule has 0 bridgehead atoms. The third-order valence-corrected chi connectivity index (χ3v) is 4.39. The summed E-state index contributed by atoms with van der Waals surface area (Å²) >= 11 is 5.89. The fraction of sp³-hybridized carbons (Fsp3) is 0.471. The first-order valence-electron chi connectivity index (χ1n) is 8.22. The quantitative estimate of drug-likeness (QED) is 0.890. The molecule has 1 aromatic carbocycles. The summed E-state index contributed by atoms with van der Waals surface area (Å²) in [5.41, 5.74) is 5.92. The van der Waals surface area contributed by atoms with Crippen molar-refractivity contribution in [1.29, 1.82) is 0 Å². The molecule has 134 valence electrons. The first kappa shape index (κ1) is 17.8. The number of aromatic nitrogens is 2. The van der Waals surface area contributed by atoms with Gasteiger partial charge in [0.25, 0.3) is 0 Å². The topological polar surface area (TPSA) is 88.5 Å². The molecule has 0 spiro atoms. The molecule has 1 aliphatic heterocycles. The molecule has 0 atom stereocenters. The minimum Gasteiger partial charge on any atom is -0.339 e. The molecule has 0 saturated carbocycles. The van der Waals surface area contributed by atoms with Gasteiger partial charge < -0.3 is 15.2 Å². The molecule has 2 aromatic rings.